The summed E-state index contributed by atoms with van der Waals surface area (Å²) in [4.78, 5) is 27.2. The molecule has 1 unspecified atom stereocenters. The first-order valence-corrected chi connectivity index (χ1v) is 13.6. The summed E-state index contributed by atoms with van der Waals surface area (Å²) in [7, 11) is 1.93. The lowest BCUT2D eigenvalue weighted by Gasteiger charge is -2.19. The fourth-order valence-electron chi connectivity index (χ4n) is 4.22. The molecule has 0 fully saturated rings. The summed E-state index contributed by atoms with van der Waals surface area (Å²) in [5.41, 5.74) is 3.30. The largest absolute Gasteiger partial charge is 0.346 e. The molecule has 180 valence electrons. The van der Waals surface area contributed by atoms with Gasteiger partial charge in [-0.05, 0) is 54.9 Å². The van der Waals surface area contributed by atoms with Crippen LogP contribution < -0.4 is 10.6 Å². The third kappa shape index (κ3) is 5.70. The Morgan fingerprint density at radius 2 is 2.03 bits per heavy atom. The second-order valence-corrected chi connectivity index (χ2v) is 10.6. The van der Waals surface area contributed by atoms with Crippen molar-refractivity contribution in [2.24, 2.45) is 13.0 Å². The minimum Gasteiger partial charge on any atom is -0.346 e. The molecule has 1 atom stereocenters. The minimum absolute atomic E-state index is 0.0684. The molecule has 1 aliphatic carbocycles. The van der Waals surface area contributed by atoms with Gasteiger partial charge in [-0.2, -0.15) is 0 Å². The van der Waals surface area contributed by atoms with Crippen LogP contribution in [0.1, 0.15) is 42.7 Å². The molecule has 34 heavy (non-hydrogen) atoms. The molecule has 2 aromatic heterocycles. The van der Waals surface area contributed by atoms with Crippen LogP contribution in [0.4, 0.5) is 5.69 Å². The first-order chi connectivity index (χ1) is 16.5. The number of aryl methyl sites for hydroxylation is 2. The molecule has 3 aromatic rings. The van der Waals surface area contributed by atoms with E-state index < -0.39 is 0 Å². The van der Waals surface area contributed by atoms with Gasteiger partial charge in [-0.3, -0.25) is 9.59 Å². The van der Waals surface area contributed by atoms with Gasteiger partial charge in [-0.15, -0.1) is 21.5 Å². The lowest BCUT2D eigenvalue weighted by molar-refractivity contribution is -0.122. The molecule has 9 heteroatoms. The van der Waals surface area contributed by atoms with Crippen molar-refractivity contribution in [3.63, 3.8) is 0 Å². The number of hydrogen-bond acceptors (Lipinski definition) is 6. The standard InChI is InChI=1S/C25H31N5O2S2/c1-4-16-10-11-20-18(12-16)13-21(34-20)24-28-29-25(30(24)3)33-15-23(32)26-14-22(31)27-19-9-7-6-8-17(19)5-2/h6-9,13,16H,4-5,10-12,14-15H2,1-3H3,(H,26,32)(H,27,31). The van der Waals surface area contributed by atoms with Gasteiger partial charge in [-0.25, -0.2) is 0 Å². The molecule has 0 bridgehead atoms. The third-order valence-electron chi connectivity index (χ3n) is 6.27. The van der Waals surface area contributed by atoms with Crippen molar-refractivity contribution in [2.45, 2.75) is 51.1 Å². The van der Waals surface area contributed by atoms with E-state index in [1.54, 1.807) is 0 Å². The van der Waals surface area contributed by atoms with Crippen molar-refractivity contribution in [3.05, 3.63) is 46.3 Å². The number of thiophene rings is 1. The summed E-state index contributed by atoms with van der Waals surface area (Å²) in [6, 6.07) is 9.94. The van der Waals surface area contributed by atoms with Crippen LogP contribution in [-0.4, -0.2) is 38.9 Å². The molecule has 0 radical (unpaired) electrons. The maximum absolute atomic E-state index is 12.3. The molecular weight excluding hydrogens is 466 g/mol. The van der Waals surface area contributed by atoms with Crippen molar-refractivity contribution >= 4 is 40.6 Å². The summed E-state index contributed by atoms with van der Waals surface area (Å²) in [6.07, 6.45) is 5.62. The molecule has 1 aliphatic rings. The molecule has 0 aliphatic heterocycles. The van der Waals surface area contributed by atoms with E-state index >= 15 is 0 Å². The van der Waals surface area contributed by atoms with Crippen molar-refractivity contribution in [2.75, 3.05) is 17.6 Å². The Hall–Kier alpha value is -2.65. The molecule has 2 N–H and O–H groups in total. The van der Waals surface area contributed by atoms with Gasteiger partial charge in [0.1, 0.15) is 0 Å². The highest BCUT2D eigenvalue weighted by atomic mass is 32.2. The highest BCUT2D eigenvalue weighted by Gasteiger charge is 2.22. The van der Waals surface area contributed by atoms with E-state index in [1.165, 1.54) is 35.0 Å². The zero-order chi connectivity index (χ0) is 24.1. The van der Waals surface area contributed by atoms with E-state index in [-0.39, 0.29) is 24.1 Å². The van der Waals surface area contributed by atoms with Crippen LogP contribution >= 0.6 is 23.1 Å². The first-order valence-electron chi connectivity index (χ1n) is 11.8. The van der Waals surface area contributed by atoms with Gasteiger partial charge >= 0.3 is 0 Å². The lowest BCUT2D eigenvalue weighted by Crippen LogP contribution is -2.34. The van der Waals surface area contributed by atoms with Crippen molar-refractivity contribution in [3.8, 4) is 10.7 Å². The maximum Gasteiger partial charge on any atom is 0.243 e. The topological polar surface area (TPSA) is 88.9 Å². The fourth-order valence-corrected chi connectivity index (χ4v) is 6.19. The van der Waals surface area contributed by atoms with Gasteiger partial charge in [-0.1, -0.05) is 50.2 Å². The van der Waals surface area contributed by atoms with E-state index in [4.69, 9.17) is 0 Å². The van der Waals surface area contributed by atoms with E-state index in [0.29, 0.717) is 5.16 Å². The summed E-state index contributed by atoms with van der Waals surface area (Å²) in [5.74, 6) is 1.33. The number of nitrogens with one attached hydrogen (secondary N) is 2. The summed E-state index contributed by atoms with van der Waals surface area (Å²) in [6.45, 7) is 4.24. The van der Waals surface area contributed by atoms with E-state index in [0.717, 1.165) is 47.1 Å². The zero-order valence-corrected chi connectivity index (χ0v) is 21.5. The SMILES string of the molecule is CCc1ccccc1NC(=O)CNC(=O)CSc1nnc(-c2cc3c(s2)CCC(CC)C3)n1C. The van der Waals surface area contributed by atoms with Crippen LogP contribution in [0.15, 0.2) is 35.5 Å². The monoisotopic (exact) mass is 497 g/mol. The summed E-state index contributed by atoms with van der Waals surface area (Å²) in [5, 5.41) is 14.9. The predicted molar refractivity (Wildman–Crippen MR) is 138 cm³/mol. The van der Waals surface area contributed by atoms with E-state index in [9.17, 15) is 9.59 Å². The molecule has 0 saturated heterocycles. The first kappa shape index (κ1) is 24.5. The fraction of sp³-hybridized carbons (Fsp3) is 0.440. The number of fused-ring (bicyclic) bond motifs is 1. The number of hydrogen-bond donors (Lipinski definition) is 2. The number of thioether (sulfide) groups is 1. The highest BCUT2D eigenvalue weighted by molar-refractivity contribution is 7.99. The maximum atomic E-state index is 12.3. The van der Waals surface area contributed by atoms with Crippen LogP contribution in [0, 0.1) is 5.92 Å². The number of carbonyl (C=O) groups is 2. The molecular formula is C25H31N5O2S2. The highest BCUT2D eigenvalue weighted by Crippen LogP contribution is 2.38. The second-order valence-electron chi connectivity index (χ2n) is 8.57. The molecule has 2 amide bonds. The van der Waals surface area contributed by atoms with E-state index in [2.05, 4.69) is 33.8 Å². The average Bonchev–Trinajstić information content (AvgIpc) is 3.43. The van der Waals surface area contributed by atoms with Crippen molar-refractivity contribution < 1.29 is 9.59 Å². The Balaban J connectivity index is 1.29. The van der Waals surface area contributed by atoms with Gasteiger partial charge in [0, 0.05) is 17.6 Å². The van der Waals surface area contributed by atoms with Gasteiger partial charge in [0.2, 0.25) is 11.8 Å². The van der Waals surface area contributed by atoms with Crippen LogP contribution in [0.2, 0.25) is 0 Å². The number of anilines is 1. The molecule has 0 saturated carbocycles. The molecule has 1 aromatic carbocycles. The quantitative estimate of drug-likeness (QED) is 0.426. The van der Waals surface area contributed by atoms with Crippen molar-refractivity contribution in [1.29, 1.82) is 0 Å². The number of nitrogens with zero attached hydrogens (tertiary/aromatic N) is 3. The Morgan fingerprint density at radius 1 is 1.21 bits per heavy atom. The number of benzene rings is 1. The average molecular weight is 498 g/mol. The molecule has 7 nitrogen and oxygen atoms in total. The van der Waals surface area contributed by atoms with Crippen LogP contribution in [0.3, 0.4) is 0 Å². The summed E-state index contributed by atoms with van der Waals surface area (Å²) >= 11 is 3.13. The van der Waals surface area contributed by atoms with Crippen molar-refractivity contribution in [1.82, 2.24) is 20.1 Å². The van der Waals surface area contributed by atoms with Gasteiger partial charge in [0.25, 0.3) is 0 Å². The van der Waals surface area contributed by atoms with Gasteiger partial charge < -0.3 is 15.2 Å². The third-order valence-corrected chi connectivity index (χ3v) is 8.52. The number of aromatic nitrogens is 3. The molecule has 2 heterocycles. The van der Waals surface area contributed by atoms with Crippen LogP contribution in [0.25, 0.3) is 10.7 Å². The summed E-state index contributed by atoms with van der Waals surface area (Å²) < 4.78 is 1.95. The normalized spacial score (nSPS) is 15.1. The van der Waals surface area contributed by atoms with Crippen LogP contribution in [0.5, 0.6) is 0 Å². The number of amides is 2. The minimum atomic E-state index is -0.243. The smallest absolute Gasteiger partial charge is 0.243 e. The van der Waals surface area contributed by atoms with Crippen LogP contribution in [-0.2, 0) is 35.9 Å². The van der Waals surface area contributed by atoms with Gasteiger partial charge in [0.15, 0.2) is 11.0 Å². The van der Waals surface area contributed by atoms with Gasteiger partial charge in [0.05, 0.1) is 17.2 Å². The van der Waals surface area contributed by atoms with E-state index in [1.807, 2.05) is 54.1 Å². The Labute approximate surface area is 208 Å². The Kier molecular flexibility index (Phi) is 8.05. The lowest BCUT2D eigenvalue weighted by atomic mass is 9.87. The zero-order valence-electron chi connectivity index (χ0n) is 19.9. The molecule has 0 spiro atoms. The number of rotatable bonds is 9. The number of para-hydroxylation sites is 1. The molecule has 4 rings (SSSR count). The second kappa shape index (κ2) is 11.2. The number of carbonyl (C=O) groups excluding carboxylic acids is 2. The Morgan fingerprint density at radius 3 is 2.82 bits per heavy atom. The predicted octanol–water partition coefficient (Wildman–Crippen LogP) is 4.47. The Bertz CT molecular complexity index is 1170.